The summed E-state index contributed by atoms with van der Waals surface area (Å²) in [4.78, 5) is 13.8. The highest BCUT2D eigenvalue weighted by Gasteiger charge is 2.87. The molecule has 2 heterocycles. The van der Waals surface area contributed by atoms with Crippen molar-refractivity contribution >= 4 is 15.6 Å². The molecule has 0 bridgehead atoms. The maximum absolute atomic E-state index is 11.7. The first-order valence-electron chi connectivity index (χ1n) is 6.50. The lowest BCUT2D eigenvalue weighted by Gasteiger charge is -2.31. The smallest absolute Gasteiger partial charge is 0.151 e. The van der Waals surface area contributed by atoms with Crippen molar-refractivity contribution in [2.24, 2.45) is 16.2 Å². The number of hydrogen-bond donors (Lipinski definition) is 0. The zero-order valence-corrected chi connectivity index (χ0v) is 12.3. The normalized spacial score (nSPS) is 43.0. The molecule has 18 heavy (non-hydrogen) atoms. The molecule has 3 fully saturated rings. The van der Waals surface area contributed by atoms with Gasteiger partial charge in [0.1, 0.15) is 5.78 Å². The standard InChI is InChI=1S/C13H21NO3S/c1-9(15)10-5-12(6-14(10)4)11(2,3)13(12)7-18(16,17)8-13/h10H,5-8H2,1-4H3/t10-,12-/m0/s1. The van der Waals surface area contributed by atoms with E-state index in [0.717, 1.165) is 13.0 Å². The van der Waals surface area contributed by atoms with Crippen LogP contribution < -0.4 is 0 Å². The molecular weight excluding hydrogens is 250 g/mol. The van der Waals surface area contributed by atoms with Gasteiger partial charge in [-0.05, 0) is 31.2 Å². The second-order valence-electron chi connectivity index (χ2n) is 7.07. The monoisotopic (exact) mass is 271 g/mol. The van der Waals surface area contributed by atoms with Gasteiger partial charge in [-0.15, -0.1) is 0 Å². The molecule has 102 valence electrons. The second-order valence-corrected chi connectivity index (χ2v) is 9.13. The summed E-state index contributed by atoms with van der Waals surface area (Å²) in [5, 5.41) is 0. The number of hydrogen-bond acceptors (Lipinski definition) is 4. The Morgan fingerprint density at radius 2 is 1.78 bits per heavy atom. The predicted octanol–water partition coefficient (Wildman–Crippen LogP) is 0.721. The number of Topliss-reactive ketones (excluding diaryl/α,β-unsaturated/α-hetero) is 1. The molecule has 4 nitrogen and oxygen atoms in total. The van der Waals surface area contributed by atoms with E-state index in [-0.39, 0.29) is 28.1 Å². The highest BCUT2D eigenvalue weighted by Crippen LogP contribution is 2.84. The first-order valence-corrected chi connectivity index (χ1v) is 8.32. The lowest BCUT2D eigenvalue weighted by Crippen LogP contribution is -2.44. The molecule has 0 aromatic rings. The van der Waals surface area contributed by atoms with Crippen LogP contribution in [-0.2, 0) is 14.6 Å². The molecule has 1 aliphatic carbocycles. The van der Waals surface area contributed by atoms with Crippen LogP contribution in [0.4, 0.5) is 0 Å². The average Bonchev–Trinajstić information content (AvgIpc) is 2.52. The van der Waals surface area contributed by atoms with E-state index in [1.165, 1.54) is 0 Å². The van der Waals surface area contributed by atoms with Gasteiger partial charge in [-0.3, -0.25) is 9.69 Å². The molecule has 3 rings (SSSR count). The number of sulfone groups is 1. The van der Waals surface area contributed by atoms with Crippen LogP contribution in [-0.4, -0.2) is 50.2 Å². The van der Waals surface area contributed by atoms with Gasteiger partial charge in [0.05, 0.1) is 17.5 Å². The Hall–Kier alpha value is -0.420. The average molecular weight is 271 g/mol. The molecule has 3 aliphatic rings. The Kier molecular flexibility index (Phi) is 2.11. The van der Waals surface area contributed by atoms with E-state index in [0.29, 0.717) is 11.5 Å². The largest absolute Gasteiger partial charge is 0.298 e. The molecule has 2 atom stereocenters. The topological polar surface area (TPSA) is 54.5 Å². The summed E-state index contributed by atoms with van der Waals surface area (Å²) in [5.41, 5.74) is 0.0253. The molecule has 2 saturated heterocycles. The number of nitrogens with zero attached hydrogens (tertiary/aromatic N) is 1. The van der Waals surface area contributed by atoms with Crippen LogP contribution in [0.15, 0.2) is 0 Å². The second kappa shape index (κ2) is 3.01. The summed E-state index contributed by atoms with van der Waals surface area (Å²) >= 11 is 0. The number of fused-ring (bicyclic) bond motifs is 1. The Morgan fingerprint density at radius 3 is 2.17 bits per heavy atom. The van der Waals surface area contributed by atoms with Crippen LogP contribution in [0.25, 0.3) is 0 Å². The summed E-state index contributed by atoms with van der Waals surface area (Å²) in [6.07, 6.45) is 0.835. The van der Waals surface area contributed by atoms with E-state index in [1.807, 2.05) is 7.05 Å². The van der Waals surface area contributed by atoms with E-state index in [2.05, 4.69) is 18.7 Å². The number of likely N-dealkylation sites (tertiary alicyclic amines) is 1. The molecule has 0 radical (unpaired) electrons. The van der Waals surface area contributed by atoms with Crippen molar-refractivity contribution in [2.75, 3.05) is 25.1 Å². The summed E-state index contributed by atoms with van der Waals surface area (Å²) in [6.45, 7) is 6.86. The molecule has 0 amide bonds. The number of carbonyl (C=O) groups is 1. The zero-order valence-electron chi connectivity index (χ0n) is 11.5. The summed E-state index contributed by atoms with van der Waals surface area (Å²) < 4.78 is 23.2. The van der Waals surface area contributed by atoms with Gasteiger partial charge >= 0.3 is 0 Å². The molecule has 0 unspecified atom stereocenters. The molecule has 1 saturated carbocycles. The summed E-state index contributed by atoms with van der Waals surface area (Å²) in [5.74, 6) is 0.853. The van der Waals surface area contributed by atoms with Crippen LogP contribution in [0.2, 0.25) is 0 Å². The Labute approximate surface area is 109 Å². The van der Waals surface area contributed by atoms with Gasteiger partial charge in [0, 0.05) is 12.0 Å². The van der Waals surface area contributed by atoms with Gasteiger partial charge in [0.15, 0.2) is 9.84 Å². The SMILES string of the molecule is CC(=O)[C@@H]1C[C@]2(CN1C)C(C)(C)C21CS(=O)(=O)C1. The van der Waals surface area contributed by atoms with Gasteiger partial charge in [0.25, 0.3) is 0 Å². The van der Waals surface area contributed by atoms with Crippen LogP contribution >= 0.6 is 0 Å². The minimum atomic E-state index is -2.82. The third-order valence-corrected chi connectivity index (χ3v) is 8.11. The minimum Gasteiger partial charge on any atom is -0.298 e. The molecule has 0 N–H and O–H groups in total. The minimum absolute atomic E-state index is 0.0213. The third-order valence-electron chi connectivity index (χ3n) is 6.24. The highest BCUT2D eigenvalue weighted by molar-refractivity contribution is 7.92. The molecule has 5 heteroatoms. The van der Waals surface area contributed by atoms with Crippen molar-refractivity contribution in [3.63, 3.8) is 0 Å². The molecule has 0 aromatic heterocycles. The fraction of sp³-hybridized carbons (Fsp3) is 0.923. The van der Waals surface area contributed by atoms with E-state index in [1.54, 1.807) is 6.92 Å². The predicted molar refractivity (Wildman–Crippen MR) is 69.0 cm³/mol. The summed E-state index contributed by atoms with van der Waals surface area (Å²) in [6, 6.07) is -0.0213. The van der Waals surface area contributed by atoms with Crippen molar-refractivity contribution in [3.8, 4) is 0 Å². The van der Waals surface area contributed by atoms with Crippen LogP contribution in [0.1, 0.15) is 27.2 Å². The van der Waals surface area contributed by atoms with E-state index in [9.17, 15) is 13.2 Å². The van der Waals surface area contributed by atoms with E-state index < -0.39 is 9.84 Å². The maximum Gasteiger partial charge on any atom is 0.151 e. The van der Waals surface area contributed by atoms with Gasteiger partial charge in [-0.1, -0.05) is 13.8 Å². The number of rotatable bonds is 1. The van der Waals surface area contributed by atoms with E-state index in [4.69, 9.17) is 0 Å². The lowest BCUT2D eigenvalue weighted by atomic mass is 9.90. The first kappa shape index (κ1) is 12.6. The van der Waals surface area contributed by atoms with Gasteiger partial charge in [-0.2, -0.15) is 0 Å². The molecule has 0 aromatic carbocycles. The van der Waals surface area contributed by atoms with Gasteiger partial charge in [-0.25, -0.2) is 8.42 Å². The number of ketones is 1. The van der Waals surface area contributed by atoms with Crippen LogP contribution in [0, 0.1) is 16.2 Å². The Morgan fingerprint density at radius 1 is 1.22 bits per heavy atom. The van der Waals surface area contributed by atoms with Gasteiger partial charge < -0.3 is 0 Å². The van der Waals surface area contributed by atoms with Crippen molar-refractivity contribution in [3.05, 3.63) is 0 Å². The fourth-order valence-electron chi connectivity index (χ4n) is 4.94. The Balaban J connectivity index is 1.93. The van der Waals surface area contributed by atoms with Gasteiger partial charge in [0.2, 0.25) is 0 Å². The van der Waals surface area contributed by atoms with Crippen LogP contribution in [0.3, 0.4) is 0 Å². The molecular formula is C13H21NO3S. The maximum atomic E-state index is 11.7. The van der Waals surface area contributed by atoms with Crippen LogP contribution in [0.5, 0.6) is 0 Å². The van der Waals surface area contributed by atoms with Crippen molar-refractivity contribution < 1.29 is 13.2 Å². The van der Waals surface area contributed by atoms with Crippen molar-refractivity contribution in [1.82, 2.24) is 4.90 Å². The number of likely N-dealkylation sites (N-methyl/N-ethyl adjacent to an activating group) is 1. The Bertz CT molecular complexity index is 524. The molecule has 2 aliphatic heterocycles. The van der Waals surface area contributed by atoms with Crippen molar-refractivity contribution in [1.29, 1.82) is 0 Å². The first-order chi connectivity index (χ1) is 8.09. The number of carbonyl (C=O) groups excluding carboxylic acids is 1. The fourth-order valence-corrected chi connectivity index (χ4v) is 7.64. The van der Waals surface area contributed by atoms with Crippen molar-refractivity contribution in [2.45, 2.75) is 33.2 Å². The highest BCUT2D eigenvalue weighted by atomic mass is 32.2. The zero-order chi connectivity index (χ0) is 13.6. The summed E-state index contributed by atoms with van der Waals surface area (Å²) in [7, 11) is -0.838. The lowest BCUT2D eigenvalue weighted by molar-refractivity contribution is -0.120. The quantitative estimate of drug-likeness (QED) is 0.705. The third kappa shape index (κ3) is 1.11. The van der Waals surface area contributed by atoms with E-state index >= 15 is 0 Å². The molecule has 2 spiro atoms.